The van der Waals surface area contributed by atoms with Gasteiger partial charge < -0.3 is 15.9 Å². The van der Waals surface area contributed by atoms with Gasteiger partial charge in [0, 0.05) is 10.6 Å². The number of hydrogen-bond acceptors (Lipinski definition) is 3. The third-order valence-corrected chi connectivity index (χ3v) is 3.41. The van der Waals surface area contributed by atoms with Crippen molar-refractivity contribution in [1.29, 1.82) is 0 Å². The summed E-state index contributed by atoms with van der Waals surface area (Å²) in [5.74, 6) is 0.158. The Morgan fingerprint density at radius 1 is 1.29 bits per heavy atom. The van der Waals surface area contributed by atoms with E-state index in [1.54, 1.807) is 0 Å². The van der Waals surface area contributed by atoms with Crippen LogP contribution in [-0.4, -0.2) is 16.3 Å². The van der Waals surface area contributed by atoms with E-state index in [0.29, 0.717) is 10.6 Å². The van der Waals surface area contributed by atoms with Crippen molar-refractivity contribution in [2.24, 2.45) is 11.7 Å². The highest BCUT2D eigenvalue weighted by molar-refractivity contribution is 6.35. The zero-order valence-electron chi connectivity index (χ0n) is 8.94. The van der Waals surface area contributed by atoms with Crippen molar-refractivity contribution < 1.29 is 10.2 Å². The molecule has 1 saturated carbocycles. The number of aromatic hydroxyl groups is 1. The van der Waals surface area contributed by atoms with Crippen molar-refractivity contribution in [3.8, 4) is 5.75 Å². The molecule has 1 fully saturated rings. The Balaban J connectivity index is 0.00000144. The van der Waals surface area contributed by atoms with Crippen molar-refractivity contribution in [2.75, 3.05) is 0 Å². The standard InChI is InChI=1S/C11H13Cl2NO2.ClH/c12-6-3-7(13)9(8(15)4-6)10(14)11(16)5-1-2-5;/h3-5,10-11,15-16H,1-2,14H2;1H/t10-,11+;/m0./s1. The lowest BCUT2D eigenvalue weighted by Crippen LogP contribution is -2.28. The zero-order valence-corrected chi connectivity index (χ0v) is 11.3. The number of phenols is 1. The number of hydrogen-bond donors (Lipinski definition) is 3. The fourth-order valence-corrected chi connectivity index (χ4v) is 2.41. The lowest BCUT2D eigenvalue weighted by molar-refractivity contribution is 0.121. The second-order valence-corrected chi connectivity index (χ2v) is 5.02. The summed E-state index contributed by atoms with van der Waals surface area (Å²) in [4.78, 5) is 0. The van der Waals surface area contributed by atoms with E-state index in [2.05, 4.69) is 0 Å². The van der Waals surface area contributed by atoms with Crippen molar-refractivity contribution in [1.82, 2.24) is 0 Å². The molecule has 2 atom stereocenters. The van der Waals surface area contributed by atoms with Crippen molar-refractivity contribution in [3.63, 3.8) is 0 Å². The van der Waals surface area contributed by atoms with Gasteiger partial charge in [0.2, 0.25) is 0 Å². The molecule has 0 radical (unpaired) electrons. The SMILES string of the molecule is Cl.N[C@@H](c1c(O)cc(Cl)cc1Cl)[C@H](O)C1CC1. The Morgan fingerprint density at radius 3 is 2.35 bits per heavy atom. The van der Waals surface area contributed by atoms with Gasteiger partial charge in [0.1, 0.15) is 5.75 Å². The minimum atomic E-state index is -0.669. The molecular weight excluding hydrogens is 284 g/mol. The van der Waals surface area contributed by atoms with Gasteiger partial charge in [-0.3, -0.25) is 0 Å². The maximum absolute atomic E-state index is 9.90. The Morgan fingerprint density at radius 2 is 1.88 bits per heavy atom. The van der Waals surface area contributed by atoms with Crippen LogP contribution in [0.1, 0.15) is 24.4 Å². The molecule has 3 nitrogen and oxygen atoms in total. The molecule has 0 aliphatic heterocycles. The van der Waals surface area contributed by atoms with Gasteiger partial charge in [0.15, 0.2) is 0 Å². The first-order valence-electron chi connectivity index (χ1n) is 5.12. The second kappa shape index (κ2) is 5.63. The molecule has 4 N–H and O–H groups in total. The molecular formula is C11H14Cl3NO2. The molecule has 6 heteroatoms. The number of phenolic OH excluding ortho intramolecular Hbond substituents is 1. The van der Waals surface area contributed by atoms with E-state index < -0.39 is 12.1 Å². The van der Waals surface area contributed by atoms with Crippen LogP contribution in [0.15, 0.2) is 12.1 Å². The van der Waals surface area contributed by atoms with Gasteiger partial charge in [0.05, 0.1) is 17.2 Å². The lowest BCUT2D eigenvalue weighted by Gasteiger charge is -2.21. The Bertz CT molecular complexity index is 387. The molecule has 2 rings (SSSR count). The first-order valence-corrected chi connectivity index (χ1v) is 5.88. The topological polar surface area (TPSA) is 66.5 Å². The van der Waals surface area contributed by atoms with Gasteiger partial charge in [-0.05, 0) is 30.9 Å². The van der Waals surface area contributed by atoms with E-state index in [1.165, 1.54) is 12.1 Å². The summed E-state index contributed by atoms with van der Waals surface area (Å²) < 4.78 is 0. The Labute approximate surface area is 116 Å². The van der Waals surface area contributed by atoms with Crippen LogP contribution in [0.2, 0.25) is 10.0 Å². The maximum atomic E-state index is 9.90. The zero-order chi connectivity index (χ0) is 11.9. The molecule has 96 valence electrons. The number of aliphatic hydroxyl groups excluding tert-OH is 1. The third kappa shape index (κ3) is 3.18. The summed E-state index contributed by atoms with van der Waals surface area (Å²) in [6.45, 7) is 0. The number of aliphatic hydroxyl groups is 1. The first kappa shape index (κ1) is 14.9. The Kier molecular flexibility index (Phi) is 4.93. The molecule has 1 aliphatic rings. The number of benzene rings is 1. The molecule has 17 heavy (non-hydrogen) atoms. The molecule has 0 aromatic heterocycles. The van der Waals surface area contributed by atoms with Crippen LogP contribution in [-0.2, 0) is 0 Å². The summed E-state index contributed by atoms with van der Waals surface area (Å²) in [7, 11) is 0. The molecule has 1 aromatic carbocycles. The van der Waals surface area contributed by atoms with Crippen molar-refractivity contribution >= 4 is 35.6 Å². The van der Waals surface area contributed by atoms with Crippen LogP contribution in [0.3, 0.4) is 0 Å². The monoisotopic (exact) mass is 297 g/mol. The quantitative estimate of drug-likeness (QED) is 0.804. The first-order chi connectivity index (χ1) is 7.50. The van der Waals surface area contributed by atoms with Crippen LogP contribution < -0.4 is 5.73 Å². The molecule has 1 aliphatic carbocycles. The summed E-state index contributed by atoms with van der Waals surface area (Å²) in [6, 6.07) is 2.22. The smallest absolute Gasteiger partial charge is 0.123 e. The second-order valence-electron chi connectivity index (χ2n) is 4.17. The number of nitrogens with two attached hydrogens (primary N) is 1. The van der Waals surface area contributed by atoms with Gasteiger partial charge >= 0.3 is 0 Å². The summed E-state index contributed by atoms with van der Waals surface area (Å²) in [5.41, 5.74) is 6.26. The van der Waals surface area contributed by atoms with E-state index in [9.17, 15) is 10.2 Å². The largest absolute Gasteiger partial charge is 0.507 e. The summed E-state index contributed by atoms with van der Waals surface area (Å²) in [6.07, 6.45) is 1.28. The van der Waals surface area contributed by atoms with E-state index in [1.807, 2.05) is 0 Å². The Hall–Kier alpha value is -0.190. The third-order valence-electron chi connectivity index (χ3n) is 2.88. The van der Waals surface area contributed by atoms with Crippen molar-refractivity contribution in [3.05, 3.63) is 27.7 Å². The van der Waals surface area contributed by atoms with Gasteiger partial charge in [-0.1, -0.05) is 23.2 Å². The van der Waals surface area contributed by atoms with E-state index in [-0.39, 0.29) is 29.1 Å². The van der Waals surface area contributed by atoms with E-state index in [0.717, 1.165) is 12.8 Å². The fourth-order valence-electron chi connectivity index (χ4n) is 1.80. The van der Waals surface area contributed by atoms with Gasteiger partial charge in [-0.25, -0.2) is 0 Å². The van der Waals surface area contributed by atoms with Crippen LogP contribution in [0.4, 0.5) is 0 Å². The summed E-state index contributed by atoms with van der Waals surface area (Å²) >= 11 is 11.7. The average molecular weight is 299 g/mol. The predicted octanol–water partition coefficient (Wildman–Crippen LogP) is 2.89. The molecule has 0 amide bonds. The van der Waals surface area contributed by atoms with Crippen LogP contribution in [0.5, 0.6) is 5.75 Å². The van der Waals surface area contributed by atoms with E-state index in [4.69, 9.17) is 28.9 Å². The molecule has 0 bridgehead atoms. The number of rotatable bonds is 3. The highest BCUT2D eigenvalue weighted by Crippen LogP contribution is 2.41. The highest BCUT2D eigenvalue weighted by Gasteiger charge is 2.36. The average Bonchev–Trinajstić information content (AvgIpc) is 2.97. The predicted molar refractivity (Wildman–Crippen MR) is 71.0 cm³/mol. The molecule has 0 heterocycles. The fraction of sp³-hybridized carbons (Fsp3) is 0.455. The van der Waals surface area contributed by atoms with Gasteiger partial charge in [0.25, 0.3) is 0 Å². The van der Waals surface area contributed by atoms with Crippen LogP contribution >= 0.6 is 35.6 Å². The number of halogens is 3. The maximum Gasteiger partial charge on any atom is 0.123 e. The molecule has 0 spiro atoms. The summed E-state index contributed by atoms with van der Waals surface area (Å²) in [5, 5.41) is 20.3. The highest BCUT2D eigenvalue weighted by atomic mass is 35.5. The normalized spacial score (nSPS) is 18.4. The molecule has 0 unspecified atom stereocenters. The minimum Gasteiger partial charge on any atom is -0.507 e. The molecule has 1 aromatic rings. The lowest BCUT2D eigenvalue weighted by atomic mass is 9.98. The van der Waals surface area contributed by atoms with Gasteiger partial charge in [-0.2, -0.15) is 0 Å². The van der Waals surface area contributed by atoms with Crippen molar-refractivity contribution in [2.45, 2.75) is 25.0 Å². The van der Waals surface area contributed by atoms with Gasteiger partial charge in [-0.15, -0.1) is 12.4 Å². The van der Waals surface area contributed by atoms with Crippen LogP contribution in [0.25, 0.3) is 0 Å². The van der Waals surface area contributed by atoms with E-state index >= 15 is 0 Å². The van der Waals surface area contributed by atoms with Crippen LogP contribution in [0, 0.1) is 5.92 Å². The minimum absolute atomic E-state index is 0. The molecule has 0 saturated heterocycles.